The van der Waals surface area contributed by atoms with Crippen LogP contribution in [0.4, 0.5) is 0 Å². The van der Waals surface area contributed by atoms with Gasteiger partial charge in [0.25, 0.3) is 0 Å². The van der Waals surface area contributed by atoms with Crippen LogP contribution in [0.1, 0.15) is 35.8 Å². The molecule has 0 spiro atoms. The van der Waals surface area contributed by atoms with E-state index in [1.807, 2.05) is 23.5 Å². The van der Waals surface area contributed by atoms with E-state index in [1.165, 1.54) is 20.9 Å². The van der Waals surface area contributed by atoms with Crippen LogP contribution in [-0.2, 0) is 6.54 Å². The Morgan fingerprint density at radius 3 is 2.50 bits per heavy atom. The summed E-state index contributed by atoms with van der Waals surface area (Å²) in [7, 11) is 4.10. The fourth-order valence-corrected chi connectivity index (χ4v) is 3.25. The number of rotatable bonds is 4. The first kappa shape index (κ1) is 14.8. The molecule has 0 saturated carbocycles. The van der Waals surface area contributed by atoms with Crippen molar-refractivity contribution in [1.82, 2.24) is 4.90 Å². The van der Waals surface area contributed by atoms with E-state index < -0.39 is 0 Å². The summed E-state index contributed by atoms with van der Waals surface area (Å²) < 4.78 is 0. The van der Waals surface area contributed by atoms with Gasteiger partial charge in [0.1, 0.15) is 0 Å². The quantitative estimate of drug-likeness (QED) is 0.828. The number of thiophene rings is 1. The molecule has 104 valence electrons. The molecule has 0 amide bonds. The van der Waals surface area contributed by atoms with Gasteiger partial charge >= 0.3 is 0 Å². The molecule has 0 bridgehead atoms. The Morgan fingerprint density at radius 2 is 1.95 bits per heavy atom. The summed E-state index contributed by atoms with van der Waals surface area (Å²) in [6, 6.07) is 12.6. The molecular formula is C17H20N2S. The summed E-state index contributed by atoms with van der Waals surface area (Å²) in [5.74, 6) is 0.560. The van der Waals surface area contributed by atoms with Crippen LogP contribution < -0.4 is 0 Å². The van der Waals surface area contributed by atoms with Gasteiger partial charge < -0.3 is 4.90 Å². The maximum Gasteiger partial charge on any atom is 0.0991 e. The topological polar surface area (TPSA) is 27.0 Å². The Balaban J connectivity index is 2.46. The van der Waals surface area contributed by atoms with E-state index in [9.17, 15) is 0 Å². The van der Waals surface area contributed by atoms with E-state index >= 15 is 0 Å². The summed E-state index contributed by atoms with van der Waals surface area (Å²) >= 11 is 1.85. The van der Waals surface area contributed by atoms with Crippen LogP contribution >= 0.6 is 11.3 Å². The lowest BCUT2D eigenvalue weighted by atomic mass is 10.0. The SMILES string of the molecule is CC(C)c1ccc(-c2ccc(C#N)cc2CN(C)C)s1. The van der Waals surface area contributed by atoms with Gasteiger partial charge in [0.15, 0.2) is 0 Å². The van der Waals surface area contributed by atoms with E-state index in [0.717, 1.165) is 12.1 Å². The summed E-state index contributed by atoms with van der Waals surface area (Å²) in [6.07, 6.45) is 0. The van der Waals surface area contributed by atoms with Crippen molar-refractivity contribution in [3.05, 3.63) is 46.3 Å². The second kappa shape index (κ2) is 6.21. The van der Waals surface area contributed by atoms with Gasteiger partial charge in [-0.15, -0.1) is 11.3 Å². The van der Waals surface area contributed by atoms with Crippen molar-refractivity contribution in [2.24, 2.45) is 0 Å². The van der Waals surface area contributed by atoms with Crippen molar-refractivity contribution < 1.29 is 0 Å². The zero-order valence-corrected chi connectivity index (χ0v) is 13.3. The smallest absolute Gasteiger partial charge is 0.0991 e. The monoisotopic (exact) mass is 284 g/mol. The third-order valence-corrected chi connectivity index (χ3v) is 4.60. The Hall–Kier alpha value is -1.63. The first-order valence-corrected chi connectivity index (χ1v) is 7.60. The molecular weight excluding hydrogens is 264 g/mol. The van der Waals surface area contributed by atoms with Gasteiger partial charge in [-0.2, -0.15) is 5.26 Å². The predicted molar refractivity (Wildman–Crippen MR) is 86.0 cm³/mol. The van der Waals surface area contributed by atoms with Crippen LogP contribution in [0.5, 0.6) is 0 Å². The van der Waals surface area contributed by atoms with Crippen molar-refractivity contribution >= 4 is 11.3 Å². The Labute approximate surface area is 125 Å². The summed E-state index contributed by atoms with van der Waals surface area (Å²) in [4.78, 5) is 4.83. The largest absolute Gasteiger partial charge is 0.305 e. The van der Waals surface area contributed by atoms with Gasteiger partial charge in [-0.05, 0) is 55.4 Å². The molecule has 0 atom stereocenters. The van der Waals surface area contributed by atoms with E-state index in [4.69, 9.17) is 5.26 Å². The van der Waals surface area contributed by atoms with Crippen molar-refractivity contribution in [1.29, 1.82) is 5.26 Å². The molecule has 0 aliphatic heterocycles. The van der Waals surface area contributed by atoms with Gasteiger partial charge in [-0.1, -0.05) is 19.9 Å². The first-order chi connectivity index (χ1) is 9.51. The van der Waals surface area contributed by atoms with Gasteiger partial charge in [-0.3, -0.25) is 0 Å². The number of benzene rings is 1. The maximum absolute atomic E-state index is 9.07. The Morgan fingerprint density at radius 1 is 1.20 bits per heavy atom. The van der Waals surface area contributed by atoms with Crippen molar-refractivity contribution in [2.75, 3.05) is 14.1 Å². The van der Waals surface area contributed by atoms with Crippen LogP contribution in [0, 0.1) is 11.3 Å². The predicted octanol–water partition coefficient (Wildman–Crippen LogP) is 4.47. The van der Waals surface area contributed by atoms with Crippen molar-refractivity contribution in [3.63, 3.8) is 0 Å². The van der Waals surface area contributed by atoms with E-state index in [-0.39, 0.29) is 0 Å². The molecule has 2 nitrogen and oxygen atoms in total. The van der Waals surface area contributed by atoms with Crippen molar-refractivity contribution in [2.45, 2.75) is 26.3 Å². The minimum Gasteiger partial charge on any atom is -0.305 e. The molecule has 1 aromatic carbocycles. The van der Waals surface area contributed by atoms with Gasteiger partial charge in [0, 0.05) is 16.3 Å². The summed E-state index contributed by atoms with van der Waals surface area (Å²) in [6.45, 7) is 5.28. The lowest BCUT2D eigenvalue weighted by molar-refractivity contribution is 0.403. The Bertz CT molecular complexity index is 633. The van der Waals surface area contributed by atoms with Gasteiger partial charge in [0.2, 0.25) is 0 Å². The summed E-state index contributed by atoms with van der Waals surface area (Å²) in [5.41, 5.74) is 3.19. The van der Waals surface area contributed by atoms with Crippen molar-refractivity contribution in [3.8, 4) is 16.5 Å². The lowest BCUT2D eigenvalue weighted by Gasteiger charge is -2.14. The van der Waals surface area contributed by atoms with Crippen LogP contribution in [0.2, 0.25) is 0 Å². The molecule has 20 heavy (non-hydrogen) atoms. The standard InChI is InChI=1S/C17H20N2S/c1-12(2)16-7-8-17(20-16)15-6-5-13(10-18)9-14(15)11-19(3)4/h5-9,12H,11H2,1-4H3. The lowest BCUT2D eigenvalue weighted by Crippen LogP contribution is -2.11. The minimum absolute atomic E-state index is 0.560. The molecule has 3 heteroatoms. The maximum atomic E-state index is 9.07. The molecule has 0 aliphatic rings. The second-order valence-corrected chi connectivity index (χ2v) is 6.69. The highest BCUT2D eigenvalue weighted by molar-refractivity contribution is 7.15. The number of hydrogen-bond acceptors (Lipinski definition) is 3. The second-order valence-electron chi connectivity index (χ2n) is 5.58. The highest BCUT2D eigenvalue weighted by Gasteiger charge is 2.11. The average molecular weight is 284 g/mol. The molecule has 0 saturated heterocycles. The highest BCUT2D eigenvalue weighted by Crippen LogP contribution is 2.34. The summed E-state index contributed by atoms with van der Waals surface area (Å²) in [5, 5.41) is 9.07. The highest BCUT2D eigenvalue weighted by atomic mass is 32.1. The molecule has 0 unspecified atom stereocenters. The van der Waals surface area contributed by atoms with Crippen LogP contribution in [0.25, 0.3) is 10.4 Å². The molecule has 0 fully saturated rings. The van der Waals surface area contributed by atoms with Crippen LogP contribution in [-0.4, -0.2) is 19.0 Å². The fraction of sp³-hybridized carbons (Fsp3) is 0.353. The van der Waals surface area contributed by atoms with E-state index in [0.29, 0.717) is 5.92 Å². The molecule has 0 N–H and O–H groups in total. The van der Waals surface area contributed by atoms with Crippen LogP contribution in [0.3, 0.4) is 0 Å². The fourth-order valence-electron chi connectivity index (χ4n) is 2.18. The third kappa shape index (κ3) is 3.27. The molecule has 1 aromatic heterocycles. The molecule has 2 rings (SSSR count). The Kier molecular flexibility index (Phi) is 4.59. The zero-order valence-electron chi connectivity index (χ0n) is 12.5. The number of hydrogen-bond donors (Lipinski definition) is 0. The molecule has 0 aliphatic carbocycles. The minimum atomic E-state index is 0.560. The molecule has 1 heterocycles. The van der Waals surface area contributed by atoms with Gasteiger partial charge in [0.05, 0.1) is 11.6 Å². The zero-order chi connectivity index (χ0) is 14.7. The third-order valence-electron chi connectivity index (χ3n) is 3.18. The number of nitriles is 1. The average Bonchev–Trinajstić information content (AvgIpc) is 2.87. The normalized spacial score (nSPS) is 11.1. The van der Waals surface area contributed by atoms with Gasteiger partial charge in [-0.25, -0.2) is 0 Å². The molecule has 2 aromatic rings. The van der Waals surface area contributed by atoms with E-state index in [1.54, 1.807) is 0 Å². The molecule has 0 radical (unpaired) electrons. The van der Waals surface area contributed by atoms with E-state index in [2.05, 4.69) is 57.1 Å². The number of nitrogens with zero attached hydrogens (tertiary/aromatic N) is 2. The van der Waals surface area contributed by atoms with Crippen LogP contribution in [0.15, 0.2) is 30.3 Å². The first-order valence-electron chi connectivity index (χ1n) is 6.79.